The van der Waals surface area contributed by atoms with Crippen LogP contribution < -0.4 is 9.64 Å². The van der Waals surface area contributed by atoms with E-state index < -0.39 is 11.6 Å². The van der Waals surface area contributed by atoms with Crippen molar-refractivity contribution < 1.29 is 13.5 Å². The third kappa shape index (κ3) is 3.30. The molecule has 3 rings (SSSR count). The van der Waals surface area contributed by atoms with Gasteiger partial charge in [0.2, 0.25) is 5.88 Å². The lowest BCUT2D eigenvalue weighted by Gasteiger charge is -2.33. The highest BCUT2D eigenvalue weighted by Crippen LogP contribution is 2.25. The summed E-state index contributed by atoms with van der Waals surface area (Å²) in [7, 11) is 2.07. The number of likely N-dealkylation sites (N-methyl/N-ethyl adjacent to an activating group) is 1. The van der Waals surface area contributed by atoms with Gasteiger partial charge in [0.05, 0.1) is 0 Å². The maximum absolute atomic E-state index is 13.6. The van der Waals surface area contributed by atoms with Crippen LogP contribution in [0.4, 0.5) is 14.6 Å². The molecule has 5 nitrogen and oxygen atoms in total. The Labute approximate surface area is 127 Å². The standard InChI is InChI=1S/C15H16F2N4O/c1-20-4-6-21(7-5-20)14-9-15(19-10-18-14)22-13-3-2-11(16)8-12(13)17/h2-3,8-10H,4-7H2,1H3. The molecule has 2 aromatic rings. The fraction of sp³-hybridized carbons (Fsp3) is 0.333. The normalized spacial score (nSPS) is 15.9. The van der Waals surface area contributed by atoms with Crippen molar-refractivity contribution in [3.05, 3.63) is 42.2 Å². The van der Waals surface area contributed by atoms with Crippen molar-refractivity contribution in [3.8, 4) is 11.6 Å². The van der Waals surface area contributed by atoms with Gasteiger partial charge in [0.1, 0.15) is 18.0 Å². The van der Waals surface area contributed by atoms with E-state index in [0.29, 0.717) is 0 Å². The molecule has 1 aliphatic rings. The zero-order valence-electron chi connectivity index (χ0n) is 12.2. The van der Waals surface area contributed by atoms with E-state index in [-0.39, 0.29) is 11.6 Å². The summed E-state index contributed by atoms with van der Waals surface area (Å²) >= 11 is 0. The van der Waals surface area contributed by atoms with Crippen LogP contribution >= 0.6 is 0 Å². The Morgan fingerprint density at radius 1 is 1.05 bits per heavy atom. The van der Waals surface area contributed by atoms with Gasteiger partial charge in [0.15, 0.2) is 11.6 Å². The molecule has 0 unspecified atom stereocenters. The van der Waals surface area contributed by atoms with Crippen LogP contribution in [-0.4, -0.2) is 48.1 Å². The van der Waals surface area contributed by atoms with Gasteiger partial charge in [-0.3, -0.25) is 0 Å². The first-order valence-corrected chi connectivity index (χ1v) is 7.00. The predicted octanol–water partition coefficient (Wildman–Crippen LogP) is 2.30. The van der Waals surface area contributed by atoms with Crippen LogP contribution in [-0.2, 0) is 0 Å². The molecule has 1 aromatic carbocycles. The number of piperazine rings is 1. The summed E-state index contributed by atoms with van der Waals surface area (Å²) in [6.07, 6.45) is 1.38. The van der Waals surface area contributed by atoms with Crippen LogP contribution in [0.25, 0.3) is 0 Å². The molecule has 0 aliphatic carbocycles. The number of hydrogen-bond acceptors (Lipinski definition) is 5. The third-order valence-corrected chi connectivity index (χ3v) is 3.56. The van der Waals surface area contributed by atoms with E-state index in [1.165, 1.54) is 12.4 Å². The van der Waals surface area contributed by atoms with Gasteiger partial charge in [0.25, 0.3) is 0 Å². The number of halogens is 2. The van der Waals surface area contributed by atoms with Gasteiger partial charge in [-0.05, 0) is 19.2 Å². The molecule has 0 saturated carbocycles. The van der Waals surface area contributed by atoms with Crippen LogP contribution in [0.3, 0.4) is 0 Å². The molecule has 0 amide bonds. The van der Waals surface area contributed by atoms with E-state index in [1.54, 1.807) is 6.07 Å². The number of nitrogens with zero attached hydrogens (tertiary/aromatic N) is 4. The van der Waals surface area contributed by atoms with Gasteiger partial charge in [-0.15, -0.1) is 0 Å². The Bertz CT molecular complexity index is 660. The molecule has 7 heteroatoms. The van der Waals surface area contributed by atoms with Gasteiger partial charge < -0.3 is 14.5 Å². The fourth-order valence-electron chi connectivity index (χ4n) is 2.26. The Hall–Kier alpha value is -2.28. The monoisotopic (exact) mass is 306 g/mol. The summed E-state index contributed by atoms with van der Waals surface area (Å²) < 4.78 is 31.9. The SMILES string of the molecule is CN1CCN(c2cc(Oc3ccc(F)cc3F)ncn2)CC1. The smallest absolute Gasteiger partial charge is 0.224 e. The van der Waals surface area contributed by atoms with Crippen molar-refractivity contribution in [3.63, 3.8) is 0 Å². The second-order valence-electron chi connectivity index (χ2n) is 5.18. The number of ether oxygens (including phenoxy) is 1. The minimum atomic E-state index is -0.764. The van der Waals surface area contributed by atoms with E-state index in [4.69, 9.17) is 4.74 Å². The Morgan fingerprint density at radius 2 is 1.82 bits per heavy atom. The molecule has 0 N–H and O–H groups in total. The minimum absolute atomic E-state index is 0.0653. The summed E-state index contributed by atoms with van der Waals surface area (Å²) in [4.78, 5) is 12.6. The van der Waals surface area contributed by atoms with Crippen molar-refractivity contribution in [2.75, 3.05) is 38.1 Å². The summed E-state index contributed by atoms with van der Waals surface area (Å²) in [5.41, 5.74) is 0. The number of anilines is 1. The van der Waals surface area contributed by atoms with Gasteiger partial charge in [-0.1, -0.05) is 0 Å². The Kier molecular flexibility index (Phi) is 4.15. The molecular weight excluding hydrogens is 290 g/mol. The maximum Gasteiger partial charge on any atom is 0.224 e. The largest absolute Gasteiger partial charge is 0.436 e. The molecule has 2 heterocycles. The molecule has 1 aliphatic heterocycles. The third-order valence-electron chi connectivity index (χ3n) is 3.56. The summed E-state index contributed by atoms with van der Waals surface area (Å²) in [5.74, 6) is -0.509. The molecule has 0 radical (unpaired) electrons. The van der Waals surface area contributed by atoms with Crippen LogP contribution in [0.15, 0.2) is 30.6 Å². The number of benzene rings is 1. The molecule has 1 aromatic heterocycles. The number of hydrogen-bond donors (Lipinski definition) is 0. The maximum atomic E-state index is 13.6. The summed E-state index contributed by atoms with van der Waals surface area (Å²) in [6.45, 7) is 3.62. The molecule has 0 spiro atoms. The van der Waals surface area contributed by atoms with Crippen LogP contribution in [0.1, 0.15) is 0 Å². The van der Waals surface area contributed by atoms with Gasteiger partial charge in [-0.2, -0.15) is 0 Å². The van der Waals surface area contributed by atoms with Crippen molar-refractivity contribution in [1.82, 2.24) is 14.9 Å². The van der Waals surface area contributed by atoms with Crippen molar-refractivity contribution in [2.24, 2.45) is 0 Å². The van der Waals surface area contributed by atoms with Crippen molar-refractivity contribution >= 4 is 5.82 Å². The zero-order chi connectivity index (χ0) is 15.5. The zero-order valence-corrected chi connectivity index (χ0v) is 12.2. The molecule has 0 bridgehead atoms. The quantitative estimate of drug-likeness (QED) is 0.870. The van der Waals surface area contributed by atoms with Gasteiger partial charge in [0, 0.05) is 38.3 Å². The van der Waals surface area contributed by atoms with Gasteiger partial charge >= 0.3 is 0 Å². The molecule has 0 atom stereocenters. The van der Waals surface area contributed by atoms with Crippen molar-refractivity contribution in [1.29, 1.82) is 0 Å². The van der Waals surface area contributed by atoms with E-state index in [1.807, 2.05) is 0 Å². The molecule has 116 valence electrons. The van der Waals surface area contributed by atoms with Crippen LogP contribution in [0.2, 0.25) is 0 Å². The number of aromatic nitrogens is 2. The van der Waals surface area contributed by atoms with E-state index in [9.17, 15) is 8.78 Å². The summed E-state index contributed by atoms with van der Waals surface area (Å²) in [5, 5.41) is 0. The minimum Gasteiger partial charge on any atom is -0.436 e. The van der Waals surface area contributed by atoms with E-state index in [2.05, 4.69) is 26.8 Å². The lowest BCUT2D eigenvalue weighted by molar-refractivity contribution is 0.312. The van der Waals surface area contributed by atoms with E-state index in [0.717, 1.165) is 44.1 Å². The molecule has 22 heavy (non-hydrogen) atoms. The highest BCUT2D eigenvalue weighted by Gasteiger charge is 2.16. The predicted molar refractivity (Wildman–Crippen MR) is 78.2 cm³/mol. The topological polar surface area (TPSA) is 41.5 Å². The summed E-state index contributed by atoms with van der Waals surface area (Å²) in [6, 6.07) is 4.81. The second-order valence-corrected chi connectivity index (χ2v) is 5.18. The lowest BCUT2D eigenvalue weighted by Crippen LogP contribution is -2.44. The average Bonchev–Trinajstić information content (AvgIpc) is 2.51. The lowest BCUT2D eigenvalue weighted by atomic mass is 10.3. The Balaban J connectivity index is 1.76. The fourth-order valence-corrected chi connectivity index (χ4v) is 2.26. The van der Waals surface area contributed by atoms with Crippen molar-refractivity contribution in [2.45, 2.75) is 0 Å². The number of rotatable bonds is 3. The van der Waals surface area contributed by atoms with Crippen LogP contribution in [0, 0.1) is 11.6 Å². The highest BCUT2D eigenvalue weighted by molar-refractivity contribution is 5.42. The second kappa shape index (κ2) is 6.23. The highest BCUT2D eigenvalue weighted by atomic mass is 19.1. The Morgan fingerprint density at radius 3 is 2.55 bits per heavy atom. The molecule has 1 saturated heterocycles. The van der Waals surface area contributed by atoms with Gasteiger partial charge in [-0.25, -0.2) is 18.7 Å². The average molecular weight is 306 g/mol. The first kappa shape index (κ1) is 14.6. The molecular formula is C15H16F2N4O. The van der Waals surface area contributed by atoms with Crippen LogP contribution in [0.5, 0.6) is 11.6 Å². The van der Waals surface area contributed by atoms with E-state index >= 15 is 0 Å². The first-order valence-electron chi connectivity index (χ1n) is 7.00. The molecule has 1 fully saturated rings. The first-order chi connectivity index (χ1) is 10.6.